The van der Waals surface area contributed by atoms with Gasteiger partial charge in [-0.15, -0.1) is 22.9 Å². The second kappa shape index (κ2) is 3.20. The Kier molecular flexibility index (Phi) is 2.18. The van der Waals surface area contributed by atoms with E-state index in [1.54, 1.807) is 11.3 Å². The molecule has 68 valence electrons. The van der Waals surface area contributed by atoms with Crippen LogP contribution in [0.3, 0.4) is 0 Å². The summed E-state index contributed by atoms with van der Waals surface area (Å²) >= 11 is 7.28. The molecule has 0 bridgehead atoms. The van der Waals surface area contributed by atoms with Gasteiger partial charge in [-0.2, -0.15) is 0 Å². The predicted octanol–water partition coefficient (Wildman–Crippen LogP) is 3.65. The standard InChI is InChI=1S/C10H9ClOS/c1-6-4-7-2-3-8(5-11)9(12)10(7)13-6/h2-4,12H,5H2,1H3. The number of hydrogen-bond donors (Lipinski definition) is 1. The molecule has 1 aromatic carbocycles. The molecule has 0 spiro atoms. The van der Waals surface area contributed by atoms with Crippen LogP contribution in [0.25, 0.3) is 10.1 Å². The number of fused-ring (bicyclic) bond motifs is 1. The van der Waals surface area contributed by atoms with Gasteiger partial charge < -0.3 is 5.11 Å². The highest BCUT2D eigenvalue weighted by atomic mass is 35.5. The average Bonchev–Trinajstić information content (AvgIpc) is 2.47. The smallest absolute Gasteiger partial charge is 0.137 e. The molecule has 0 unspecified atom stereocenters. The summed E-state index contributed by atoms with van der Waals surface area (Å²) in [7, 11) is 0. The van der Waals surface area contributed by atoms with Crippen LogP contribution < -0.4 is 0 Å². The first-order chi connectivity index (χ1) is 6.22. The van der Waals surface area contributed by atoms with Crippen LogP contribution in [0.5, 0.6) is 5.75 Å². The van der Waals surface area contributed by atoms with Crippen molar-refractivity contribution >= 4 is 33.0 Å². The number of aryl methyl sites for hydroxylation is 1. The number of halogens is 1. The van der Waals surface area contributed by atoms with E-state index in [-0.39, 0.29) is 0 Å². The molecule has 0 fully saturated rings. The van der Waals surface area contributed by atoms with Crippen LogP contribution in [0.4, 0.5) is 0 Å². The zero-order chi connectivity index (χ0) is 9.42. The van der Waals surface area contributed by atoms with E-state index in [1.807, 2.05) is 19.1 Å². The van der Waals surface area contributed by atoms with Crippen molar-refractivity contribution in [3.05, 3.63) is 28.6 Å². The van der Waals surface area contributed by atoms with Crippen molar-refractivity contribution in [2.75, 3.05) is 0 Å². The van der Waals surface area contributed by atoms with Crippen molar-refractivity contribution < 1.29 is 5.11 Å². The minimum Gasteiger partial charge on any atom is -0.506 e. The van der Waals surface area contributed by atoms with Crippen molar-refractivity contribution in [2.24, 2.45) is 0 Å². The zero-order valence-corrected chi connectivity index (χ0v) is 8.75. The van der Waals surface area contributed by atoms with Gasteiger partial charge in [-0.05, 0) is 18.4 Å². The molecule has 0 atom stereocenters. The van der Waals surface area contributed by atoms with Crippen LogP contribution in [0.2, 0.25) is 0 Å². The predicted molar refractivity (Wildman–Crippen MR) is 57.8 cm³/mol. The molecule has 0 amide bonds. The van der Waals surface area contributed by atoms with Gasteiger partial charge in [0.05, 0.1) is 10.6 Å². The highest BCUT2D eigenvalue weighted by Crippen LogP contribution is 2.35. The van der Waals surface area contributed by atoms with Crippen LogP contribution in [-0.2, 0) is 5.88 Å². The SMILES string of the molecule is Cc1cc2ccc(CCl)c(O)c2s1. The lowest BCUT2D eigenvalue weighted by Gasteiger charge is -2.00. The molecule has 0 saturated carbocycles. The molecule has 2 aromatic rings. The van der Waals surface area contributed by atoms with E-state index >= 15 is 0 Å². The van der Waals surface area contributed by atoms with E-state index in [0.717, 1.165) is 15.6 Å². The molecular weight excluding hydrogens is 204 g/mol. The van der Waals surface area contributed by atoms with Crippen LogP contribution in [-0.4, -0.2) is 5.11 Å². The first-order valence-electron chi connectivity index (χ1n) is 3.99. The Morgan fingerprint density at radius 2 is 2.23 bits per heavy atom. The molecule has 0 saturated heterocycles. The summed E-state index contributed by atoms with van der Waals surface area (Å²) in [5, 5.41) is 10.9. The van der Waals surface area contributed by atoms with Gasteiger partial charge in [-0.25, -0.2) is 0 Å². The maximum Gasteiger partial charge on any atom is 0.137 e. The first kappa shape index (κ1) is 8.85. The largest absolute Gasteiger partial charge is 0.506 e. The fourth-order valence-electron chi connectivity index (χ4n) is 1.37. The highest BCUT2D eigenvalue weighted by molar-refractivity contribution is 7.19. The molecule has 13 heavy (non-hydrogen) atoms. The number of thiophene rings is 1. The Morgan fingerprint density at radius 3 is 2.92 bits per heavy atom. The molecular formula is C10H9ClOS. The minimum atomic E-state index is 0.339. The molecule has 1 aromatic heterocycles. The molecule has 1 nitrogen and oxygen atoms in total. The zero-order valence-electron chi connectivity index (χ0n) is 7.17. The molecule has 1 heterocycles. The summed E-state index contributed by atoms with van der Waals surface area (Å²) in [6.07, 6.45) is 0. The van der Waals surface area contributed by atoms with Crippen molar-refractivity contribution in [3.63, 3.8) is 0 Å². The summed E-state index contributed by atoms with van der Waals surface area (Å²) in [6, 6.07) is 5.94. The highest BCUT2D eigenvalue weighted by Gasteiger charge is 2.07. The number of alkyl halides is 1. The monoisotopic (exact) mass is 212 g/mol. The van der Waals surface area contributed by atoms with Gasteiger partial charge >= 0.3 is 0 Å². The fourth-order valence-corrected chi connectivity index (χ4v) is 2.56. The molecule has 0 aliphatic rings. The average molecular weight is 213 g/mol. The van der Waals surface area contributed by atoms with Crippen LogP contribution in [0.15, 0.2) is 18.2 Å². The van der Waals surface area contributed by atoms with Crippen LogP contribution in [0, 0.1) is 6.92 Å². The molecule has 0 radical (unpaired) electrons. The summed E-state index contributed by atoms with van der Waals surface area (Å²) in [6.45, 7) is 2.03. The normalized spacial score (nSPS) is 10.9. The number of rotatable bonds is 1. The number of benzene rings is 1. The topological polar surface area (TPSA) is 20.2 Å². The van der Waals surface area contributed by atoms with Gasteiger partial charge in [-0.3, -0.25) is 0 Å². The lowest BCUT2D eigenvalue weighted by Crippen LogP contribution is -1.77. The van der Waals surface area contributed by atoms with Gasteiger partial charge in [0, 0.05) is 10.4 Å². The number of hydrogen-bond acceptors (Lipinski definition) is 2. The summed E-state index contributed by atoms with van der Waals surface area (Å²) in [5.41, 5.74) is 0.802. The molecule has 2 rings (SSSR count). The minimum absolute atomic E-state index is 0.339. The number of phenolic OH excluding ortho intramolecular Hbond substituents is 1. The van der Waals surface area contributed by atoms with Gasteiger partial charge in [-0.1, -0.05) is 12.1 Å². The van der Waals surface area contributed by atoms with Gasteiger partial charge in [0.25, 0.3) is 0 Å². The Labute approximate surface area is 85.6 Å². The maximum absolute atomic E-state index is 9.79. The van der Waals surface area contributed by atoms with Crippen molar-refractivity contribution in [3.8, 4) is 5.75 Å². The molecule has 0 aliphatic heterocycles. The van der Waals surface area contributed by atoms with E-state index in [9.17, 15) is 5.11 Å². The fraction of sp³-hybridized carbons (Fsp3) is 0.200. The summed E-state index contributed by atoms with van der Waals surface area (Å²) in [4.78, 5) is 1.21. The Bertz CT molecular complexity index is 447. The van der Waals surface area contributed by atoms with Gasteiger partial charge in [0.2, 0.25) is 0 Å². The molecule has 0 aliphatic carbocycles. The quantitative estimate of drug-likeness (QED) is 0.716. The van der Waals surface area contributed by atoms with Gasteiger partial charge in [0.15, 0.2) is 0 Å². The second-order valence-corrected chi connectivity index (χ2v) is 4.51. The molecule has 1 N–H and O–H groups in total. The molecule has 3 heteroatoms. The summed E-state index contributed by atoms with van der Waals surface area (Å²) < 4.78 is 0.940. The summed E-state index contributed by atoms with van der Waals surface area (Å²) in [5.74, 6) is 0.698. The van der Waals surface area contributed by atoms with Crippen molar-refractivity contribution in [2.45, 2.75) is 12.8 Å². The van der Waals surface area contributed by atoms with E-state index in [2.05, 4.69) is 6.07 Å². The second-order valence-electron chi connectivity index (χ2n) is 2.98. The number of aromatic hydroxyl groups is 1. The number of phenols is 1. The van der Waals surface area contributed by atoms with E-state index < -0.39 is 0 Å². The van der Waals surface area contributed by atoms with E-state index in [1.165, 1.54) is 4.88 Å². The Morgan fingerprint density at radius 1 is 1.46 bits per heavy atom. The van der Waals surface area contributed by atoms with E-state index in [4.69, 9.17) is 11.6 Å². The first-order valence-corrected chi connectivity index (χ1v) is 5.34. The lowest BCUT2D eigenvalue weighted by molar-refractivity contribution is 0.478. The van der Waals surface area contributed by atoms with Crippen molar-refractivity contribution in [1.82, 2.24) is 0 Å². The third kappa shape index (κ3) is 1.40. The van der Waals surface area contributed by atoms with Gasteiger partial charge in [0.1, 0.15) is 5.75 Å². The third-order valence-corrected chi connectivity index (χ3v) is 3.37. The van der Waals surface area contributed by atoms with E-state index in [0.29, 0.717) is 11.6 Å². The Balaban J connectivity index is 2.78. The van der Waals surface area contributed by atoms with Crippen molar-refractivity contribution in [1.29, 1.82) is 0 Å². The lowest BCUT2D eigenvalue weighted by atomic mass is 10.2. The van der Waals surface area contributed by atoms with Crippen LogP contribution >= 0.6 is 22.9 Å². The maximum atomic E-state index is 9.79. The third-order valence-electron chi connectivity index (χ3n) is 2.01. The van der Waals surface area contributed by atoms with Crippen LogP contribution in [0.1, 0.15) is 10.4 Å². The Hall–Kier alpha value is -0.730.